The highest BCUT2D eigenvalue weighted by Gasteiger charge is 2.14. The first kappa shape index (κ1) is 39.4. The minimum Gasteiger partial charge on any atom is -0.228 e. The van der Waals surface area contributed by atoms with Crippen LogP contribution in [-0.2, 0) is 0 Å². The van der Waals surface area contributed by atoms with E-state index in [0.717, 1.165) is 67.8 Å². The number of hydrogen-bond acceptors (Lipinski definition) is 4. The molecule has 0 aliphatic rings. The predicted molar refractivity (Wildman–Crippen MR) is 257 cm³/mol. The van der Waals surface area contributed by atoms with Crippen LogP contribution in [0.1, 0.15) is 11.1 Å². The summed E-state index contributed by atoms with van der Waals surface area (Å²) in [5, 5.41) is 0. The van der Waals surface area contributed by atoms with E-state index in [2.05, 4.69) is 159 Å². The van der Waals surface area contributed by atoms with Crippen LogP contribution in [0.25, 0.3) is 90.1 Å². The molecule has 0 aliphatic heterocycles. The lowest BCUT2D eigenvalue weighted by molar-refractivity contribution is 1.18. The molecule has 2 heterocycles. The Bertz CT molecular complexity index is 2720. The second-order valence-electron chi connectivity index (χ2n) is 15.3. The smallest absolute Gasteiger partial charge is 0.160 e. The highest BCUT2D eigenvalue weighted by molar-refractivity contribution is 5.78. The van der Waals surface area contributed by atoms with E-state index >= 15 is 0 Å². The van der Waals surface area contributed by atoms with Gasteiger partial charge in [0.2, 0.25) is 0 Å². The number of rotatable bonds is 8. The maximum absolute atomic E-state index is 4.96. The van der Waals surface area contributed by atoms with Gasteiger partial charge in [0.25, 0.3) is 0 Å². The molecule has 0 aliphatic carbocycles. The maximum Gasteiger partial charge on any atom is 0.160 e. The van der Waals surface area contributed by atoms with Crippen molar-refractivity contribution in [2.24, 2.45) is 0 Å². The van der Waals surface area contributed by atoms with Crippen LogP contribution in [0.4, 0.5) is 0 Å². The van der Waals surface area contributed by atoms with Gasteiger partial charge >= 0.3 is 0 Å². The van der Waals surface area contributed by atoms with Crippen molar-refractivity contribution in [2.45, 2.75) is 13.8 Å². The molecular formula is C58H44N4. The minimum atomic E-state index is 0.736. The van der Waals surface area contributed by atoms with Gasteiger partial charge in [0.05, 0.1) is 22.8 Å². The predicted octanol–water partition coefficient (Wildman–Crippen LogP) is 14.9. The summed E-state index contributed by atoms with van der Waals surface area (Å²) in [5.41, 5.74) is 17.2. The zero-order chi connectivity index (χ0) is 42.1. The minimum absolute atomic E-state index is 0.736. The van der Waals surface area contributed by atoms with Crippen LogP contribution in [0.5, 0.6) is 0 Å². The fourth-order valence-corrected chi connectivity index (χ4v) is 7.60. The van der Waals surface area contributed by atoms with Crippen molar-refractivity contribution >= 4 is 0 Å². The third-order valence-corrected chi connectivity index (χ3v) is 10.6. The number of nitrogens with zero attached hydrogens (tertiary/aromatic N) is 4. The van der Waals surface area contributed by atoms with Gasteiger partial charge in [-0.15, -0.1) is 0 Å². The quantitative estimate of drug-likeness (QED) is 0.154. The van der Waals surface area contributed by atoms with E-state index in [1.54, 1.807) is 0 Å². The van der Waals surface area contributed by atoms with E-state index in [1.165, 1.54) is 33.4 Å². The van der Waals surface area contributed by atoms with Gasteiger partial charge in [-0.2, -0.15) is 0 Å². The van der Waals surface area contributed by atoms with Crippen LogP contribution in [0.2, 0.25) is 0 Å². The van der Waals surface area contributed by atoms with Gasteiger partial charge in [0.1, 0.15) is 0 Å². The van der Waals surface area contributed by atoms with Crippen molar-refractivity contribution in [3.8, 4) is 90.1 Å². The SMILES string of the molecule is Cc1cc(-c2ccccc2)cc(-c2cc(-c3ccccc3)nc(-c3ccccc3)n2)c1.Cc1cc(-c2ccccc2)cc(-c2nc(-c3ccccc3)cc(-c3ccccc3)n2)c1. The van der Waals surface area contributed by atoms with Crippen LogP contribution < -0.4 is 0 Å². The monoisotopic (exact) mass is 796 g/mol. The molecule has 4 heteroatoms. The first-order valence-corrected chi connectivity index (χ1v) is 20.9. The Morgan fingerprint density at radius 1 is 0.210 bits per heavy atom. The molecule has 8 aromatic carbocycles. The third kappa shape index (κ3) is 9.36. The summed E-state index contributed by atoms with van der Waals surface area (Å²) < 4.78 is 0. The molecule has 0 bridgehead atoms. The average molecular weight is 797 g/mol. The molecular weight excluding hydrogens is 753 g/mol. The van der Waals surface area contributed by atoms with E-state index in [0.29, 0.717) is 0 Å². The summed E-state index contributed by atoms with van der Waals surface area (Å²) in [6.07, 6.45) is 0. The highest BCUT2D eigenvalue weighted by Crippen LogP contribution is 2.33. The molecule has 0 unspecified atom stereocenters. The van der Waals surface area contributed by atoms with Gasteiger partial charge in [-0.05, 0) is 83.6 Å². The van der Waals surface area contributed by atoms with Crippen LogP contribution >= 0.6 is 0 Å². The lowest BCUT2D eigenvalue weighted by Crippen LogP contribution is -1.96. The van der Waals surface area contributed by atoms with Crippen LogP contribution in [0.15, 0.2) is 231 Å². The molecule has 10 aromatic rings. The third-order valence-electron chi connectivity index (χ3n) is 10.6. The van der Waals surface area contributed by atoms with Crippen molar-refractivity contribution in [2.75, 3.05) is 0 Å². The normalized spacial score (nSPS) is 10.7. The van der Waals surface area contributed by atoms with Crippen LogP contribution in [0, 0.1) is 13.8 Å². The molecule has 0 amide bonds. The van der Waals surface area contributed by atoms with Gasteiger partial charge in [0, 0.05) is 33.4 Å². The molecule has 10 rings (SSSR count). The zero-order valence-electron chi connectivity index (χ0n) is 34.7. The molecule has 296 valence electrons. The number of aryl methyl sites for hydroxylation is 2. The number of hydrogen-bond donors (Lipinski definition) is 0. The standard InChI is InChI=1S/2C29H22N2/c1-21-17-25(22-11-5-2-6-12-22)19-26(18-21)28-20-27(23-13-7-3-8-14-23)30-29(31-28)24-15-9-4-10-16-24;1-21-17-25(22-11-5-2-6-12-22)19-26(18-21)29-30-27(23-13-7-3-8-14-23)20-28(31-29)24-15-9-4-10-16-24/h2*2-20H,1H3. The Morgan fingerprint density at radius 3 is 0.839 bits per heavy atom. The highest BCUT2D eigenvalue weighted by atomic mass is 14.9. The summed E-state index contributed by atoms with van der Waals surface area (Å²) in [7, 11) is 0. The van der Waals surface area contributed by atoms with E-state index < -0.39 is 0 Å². The molecule has 4 nitrogen and oxygen atoms in total. The van der Waals surface area contributed by atoms with Crippen molar-refractivity contribution in [3.63, 3.8) is 0 Å². The summed E-state index contributed by atoms with van der Waals surface area (Å²) in [4.78, 5) is 19.8. The summed E-state index contributed by atoms with van der Waals surface area (Å²) in [5.74, 6) is 1.47. The van der Waals surface area contributed by atoms with E-state index in [4.69, 9.17) is 19.9 Å². The van der Waals surface area contributed by atoms with Crippen molar-refractivity contribution < 1.29 is 0 Å². The van der Waals surface area contributed by atoms with Gasteiger partial charge in [-0.3, -0.25) is 0 Å². The van der Waals surface area contributed by atoms with Crippen LogP contribution in [0.3, 0.4) is 0 Å². The molecule has 2 aromatic heterocycles. The molecule has 0 spiro atoms. The Morgan fingerprint density at radius 2 is 0.468 bits per heavy atom. The second-order valence-corrected chi connectivity index (χ2v) is 15.3. The van der Waals surface area contributed by atoms with Crippen molar-refractivity contribution in [1.29, 1.82) is 0 Å². The first-order valence-electron chi connectivity index (χ1n) is 20.9. The summed E-state index contributed by atoms with van der Waals surface area (Å²) in [6, 6.07) is 79.3. The summed E-state index contributed by atoms with van der Waals surface area (Å²) >= 11 is 0. The number of aromatic nitrogens is 4. The molecule has 0 saturated heterocycles. The van der Waals surface area contributed by atoms with Crippen LogP contribution in [-0.4, -0.2) is 19.9 Å². The molecule has 62 heavy (non-hydrogen) atoms. The van der Waals surface area contributed by atoms with E-state index in [9.17, 15) is 0 Å². The van der Waals surface area contributed by atoms with Crippen molar-refractivity contribution in [1.82, 2.24) is 19.9 Å². The summed E-state index contributed by atoms with van der Waals surface area (Å²) in [6.45, 7) is 4.25. The Balaban J connectivity index is 0.000000158. The lowest BCUT2D eigenvalue weighted by atomic mass is 9.98. The Hall–Kier alpha value is -8.08. The molecule has 0 radical (unpaired) electrons. The molecule has 0 N–H and O–H groups in total. The zero-order valence-corrected chi connectivity index (χ0v) is 34.7. The van der Waals surface area contributed by atoms with Gasteiger partial charge < -0.3 is 0 Å². The lowest BCUT2D eigenvalue weighted by Gasteiger charge is -2.11. The van der Waals surface area contributed by atoms with Gasteiger partial charge in [0.15, 0.2) is 11.6 Å². The first-order chi connectivity index (χ1) is 30.5. The van der Waals surface area contributed by atoms with Gasteiger partial charge in [-0.1, -0.05) is 194 Å². The Labute approximate surface area is 364 Å². The molecule has 0 fully saturated rings. The van der Waals surface area contributed by atoms with Crippen molar-refractivity contribution in [3.05, 3.63) is 242 Å². The average Bonchev–Trinajstić information content (AvgIpc) is 3.35. The molecule has 0 atom stereocenters. The fraction of sp³-hybridized carbons (Fsp3) is 0.0345. The maximum atomic E-state index is 4.96. The second kappa shape index (κ2) is 18.5. The number of benzene rings is 8. The Kier molecular flexibility index (Phi) is 11.7. The van der Waals surface area contributed by atoms with Gasteiger partial charge in [-0.25, -0.2) is 19.9 Å². The van der Waals surface area contributed by atoms with E-state index in [-0.39, 0.29) is 0 Å². The molecule has 0 saturated carbocycles. The topological polar surface area (TPSA) is 51.6 Å². The van der Waals surface area contributed by atoms with E-state index in [1.807, 2.05) is 84.9 Å². The fourth-order valence-electron chi connectivity index (χ4n) is 7.60. The largest absolute Gasteiger partial charge is 0.228 e.